The molecule has 2 heterocycles. The molecule has 0 saturated heterocycles. The molecule has 8 nitrogen and oxygen atoms in total. The van der Waals surface area contributed by atoms with Gasteiger partial charge in [-0.3, -0.25) is 0 Å². The molecule has 0 aliphatic heterocycles. The van der Waals surface area contributed by atoms with E-state index in [-0.39, 0.29) is 36.4 Å². The van der Waals surface area contributed by atoms with Crippen LogP contribution in [0.25, 0.3) is 0 Å². The molecule has 2 aromatic heterocycles. The maximum atomic E-state index is 10.0. The lowest BCUT2D eigenvalue weighted by Gasteiger charge is -2.11. The average Bonchev–Trinajstić information content (AvgIpc) is 2.82. The van der Waals surface area contributed by atoms with Gasteiger partial charge >= 0.3 is 0 Å². The highest BCUT2D eigenvalue weighted by molar-refractivity contribution is 5.59. The molecular weight excluding hydrogens is 268 g/mol. The third-order valence-electron chi connectivity index (χ3n) is 3.65. The maximum absolute atomic E-state index is 10.0. The Morgan fingerprint density at radius 3 is 1.10 bits per heavy atom. The van der Waals surface area contributed by atoms with Crippen LogP contribution in [0.1, 0.15) is 22.3 Å². The van der Waals surface area contributed by atoms with Crippen LogP contribution in [-0.2, 0) is 12.8 Å². The Bertz CT molecular complexity index is 589. The van der Waals surface area contributed by atoms with Crippen molar-refractivity contribution in [3.63, 3.8) is 0 Å². The fourth-order valence-corrected chi connectivity index (χ4v) is 2.67. The van der Waals surface area contributed by atoms with Crippen LogP contribution in [0.2, 0.25) is 0 Å². The van der Waals surface area contributed by atoms with E-state index in [0.717, 1.165) is 9.46 Å². The Kier molecular flexibility index (Phi) is 2.43. The highest BCUT2D eigenvalue weighted by Crippen LogP contribution is 2.45. The summed E-state index contributed by atoms with van der Waals surface area (Å²) in [5.41, 5.74) is 1.78. The van der Waals surface area contributed by atoms with Crippen LogP contribution in [-0.4, -0.2) is 44.1 Å². The summed E-state index contributed by atoms with van der Waals surface area (Å²) in [5.74, 6) is -0.908. The van der Waals surface area contributed by atoms with Gasteiger partial charge in [0.05, 0.1) is 0 Å². The Hall–Kier alpha value is -2.64. The van der Waals surface area contributed by atoms with Crippen molar-refractivity contribution in [2.45, 2.75) is 12.8 Å². The molecule has 3 rings (SSSR count). The molecule has 0 fully saturated rings. The van der Waals surface area contributed by atoms with Gasteiger partial charge in [0.1, 0.15) is 14.2 Å². The monoisotopic (exact) mass is 282 g/mol. The molecule has 4 N–H and O–H groups in total. The van der Waals surface area contributed by atoms with Crippen molar-refractivity contribution in [1.29, 1.82) is 0 Å². The maximum Gasteiger partial charge on any atom is 0.233 e. The summed E-state index contributed by atoms with van der Waals surface area (Å²) in [4.78, 5) is 9.74. The Balaban J connectivity index is 2.19. The van der Waals surface area contributed by atoms with E-state index in [9.17, 15) is 20.4 Å². The molecule has 0 aromatic carbocycles. The van der Waals surface area contributed by atoms with E-state index in [2.05, 4.69) is 0 Å². The average molecular weight is 282 g/mol. The third kappa shape index (κ3) is 1.30. The zero-order chi connectivity index (χ0) is 14.6. The minimum atomic E-state index is -0.227. The van der Waals surface area contributed by atoms with Gasteiger partial charge < -0.3 is 30.1 Å². The summed E-state index contributed by atoms with van der Waals surface area (Å²) < 4.78 is 1.80. The molecule has 0 saturated carbocycles. The smallest absolute Gasteiger partial charge is 0.233 e. The Labute approximate surface area is 113 Å². The van der Waals surface area contributed by atoms with Gasteiger partial charge in [-0.2, -0.15) is 0 Å². The first-order chi connectivity index (χ1) is 9.51. The highest BCUT2D eigenvalue weighted by atomic mass is 16.7. The number of hydrogen-bond acceptors (Lipinski definition) is 6. The van der Waals surface area contributed by atoms with Crippen molar-refractivity contribution in [2.24, 2.45) is 0 Å². The topological polar surface area (TPSA) is 109 Å². The van der Waals surface area contributed by atoms with Crippen molar-refractivity contribution < 1.29 is 30.1 Å². The van der Waals surface area contributed by atoms with E-state index in [4.69, 9.17) is 9.68 Å². The van der Waals surface area contributed by atoms with Gasteiger partial charge in [-0.25, -0.2) is 0 Å². The lowest BCUT2D eigenvalue weighted by Crippen LogP contribution is -2.04. The van der Waals surface area contributed by atoms with Crippen LogP contribution in [0.15, 0.2) is 0 Å². The van der Waals surface area contributed by atoms with Crippen molar-refractivity contribution in [3.8, 4) is 23.5 Å². The molecule has 0 amide bonds. The van der Waals surface area contributed by atoms with Gasteiger partial charge in [-0.1, -0.05) is 0 Å². The lowest BCUT2D eigenvalue weighted by molar-refractivity contribution is 0.117. The van der Waals surface area contributed by atoms with E-state index in [1.165, 1.54) is 14.2 Å². The number of hydrogen-bond donors (Lipinski definition) is 4. The zero-order valence-corrected chi connectivity index (χ0v) is 10.9. The molecule has 8 heteroatoms. The number of rotatable bonds is 2. The Morgan fingerprint density at radius 2 is 0.900 bits per heavy atom. The van der Waals surface area contributed by atoms with Crippen LogP contribution < -0.4 is 9.68 Å². The predicted octanol–water partition coefficient (Wildman–Crippen LogP) is -0.276. The molecule has 0 unspecified atom stereocenters. The van der Waals surface area contributed by atoms with Gasteiger partial charge in [0, 0.05) is 35.1 Å². The van der Waals surface area contributed by atoms with Crippen LogP contribution in [0, 0.1) is 0 Å². The predicted molar refractivity (Wildman–Crippen MR) is 66.1 cm³/mol. The molecule has 0 bridgehead atoms. The van der Waals surface area contributed by atoms with Crippen LogP contribution in [0.3, 0.4) is 0 Å². The van der Waals surface area contributed by atoms with Crippen molar-refractivity contribution in [3.05, 3.63) is 22.3 Å². The first-order valence-corrected chi connectivity index (χ1v) is 5.88. The molecule has 20 heavy (non-hydrogen) atoms. The number of aromatic hydroxyl groups is 4. The lowest BCUT2D eigenvalue weighted by atomic mass is 9.90. The van der Waals surface area contributed by atoms with Crippen LogP contribution in [0.5, 0.6) is 23.5 Å². The van der Waals surface area contributed by atoms with Crippen LogP contribution in [0.4, 0.5) is 0 Å². The molecule has 108 valence electrons. The third-order valence-corrected chi connectivity index (χ3v) is 3.65. The molecular formula is C12H14N2O6. The van der Waals surface area contributed by atoms with Gasteiger partial charge in [0.2, 0.25) is 23.5 Å². The molecule has 2 aromatic rings. The SMILES string of the molecule is COn1c(O)c2c(c1O)Cc1c(c(O)n(OC)c1O)C2. The summed E-state index contributed by atoms with van der Waals surface area (Å²) in [6, 6.07) is 0. The van der Waals surface area contributed by atoms with Crippen LogP contribution >= 0.6 is 0 Å². The Morgan fingerprint density at radius 1 is 0.650 bits per heavy atom. The summed E-state index contributed by atoms with van der Waals surface area (Å²) >= 11 is 0. The van der Waals surface area contributed by atoms with Gasteiger partial charge in [-0.05, 0) is 0 Å². The first kappa shape index (κ1) is 12.4. The summed E-state index contributed by atoms with van der Waals surface area (Å²) in [6.07, 6.45) is 0.298. The summed E-state index contributed by atoms with van der Waals surface area (Å²) in [6.45, 7) is 0. The fraction of sp³-hybridized carbons (Fsp3) is 0.333. The molecule has 0 radical (unpaired) electrons. The summed E-state index contributed by atoms with van der Waals surface area (Å²) in [7, 11) is 2.62. The second-order valence-electron chi connectivity index (χ2n) is 4.52. The minimum Gasteiger partial charge on any atom is -0.492 e. The molecule has 1 aliphatic rings. The standard InChI is InChI=1S/C12H14N2O6/c1-19-13-9(15)5-3-7-8(4-6(5)10(13)16)12(18)14(20-2)11(7)17/h15-18H,3-4H2,1-2H3. The van der Waals surface area contributed by atoms with Gasteiger partial charge in [-0.15, -0.1) is 9.46 Å². The number of nitrogens with zero attached hydrogens (tertiary/aromatic N) is 2. The molecule has 1 aliphatic carbocycles. The fourth-order valence-electron chi connectivity index (χ4n) is 2.67. The highest BCUT2D eigenvalue weighted by Gasteiger charge is 2.34. The van der Waals surface area contributed by atoms with Crippen molar-refractivity contribution in [2.75, 3.05) is 14.2 Å². The van der Waals surface area contributed by atoms with Crippen molar-refractivity contribution in [1.82, 2.24) is 9.46 Å². The van der Waals surface area contributed by atoms with E-state index < -0.39 is 0 Å². The van der Waals surface area contributed by atoms with E-state index >= 15 is 0 Å². The quantitative estimate of drug-likeness (QED) is 0.515. The number of aromatic nitrogens is 2. The van der Waals surface area contributed by atoms with Gasteiger partial charge in [0.15, 0.2) is 0 Å². The number of fused-ring (bicyclic) bond motifs is 2. The second-order valence-corrected chi connectivity index (χ2v) is 4.52. The second kappa shape index (κ2) is 3.92. The normalized spacial score (nSPS) is 12.9. The van der Waals surface area contributed by atoms with Crippen molar-refractivity contribution >= 4 is 0 Å². The zero-order valence-electron chi connectivity index (χ0n) is 10.9. The van der Waals surface area contributed by atoms with E-state index in [1.54, 1.807) is 0 Å². The first-order valence-electron chi connectivity index (χ1n) is 5.88. The van der Waals surface area contributed by atoms with Gasteiger partial charge in [0.25, 0.3) is 0 Å². The van der Waals surface area contributed by atoms with E-state index in [0.29, 0.717) is 22.3 Å². The van der Waals surface area contributed by atoms with E-state index in [1.807, 2.05) is 0 Å². The largest absolute Gasteiger partial charge is 0.492 e. The summed E-state index contributed by atoms with van der Waals surface area (Å²) in [5, 5.41) is 40.0. The molecule has 0 spiro atoms. The molecule has 0 atom stereocenters. The minimum absolute atomic E-state index is 0.149.